The molecule has 0 aromatic heterocycles. The third-order valence-electron chi connectivity index (χ3n) is 3.77. The third-order valence-corrected chi connectivity index (χ3v) is 3.77. The Kier molecular flexibility index (Phi) is 4.70. The van der Waals surface area contributed by atoms with Gasteiger partial charge in [0.2, 0.25) is 11.5 Å². The van der Waals surface area contributed by atoms with Crippen LogP contribution in [-0.4, -0.2) is 20.0 Å². The number of hydrogen-bond acceptors (Lipinski definition) is 5. The van der Waals surface area contributed by atoms with Crippen LogP contribution in [0.5, 0.6) is 11.5 Å². The van der Waals surface area contributed by atoms with Crippen LogP contribution in [0, 0.1) is 0 Å². The Labute approximate surface area is 140 Å². The maximum absolute atomic E-state index is 12.7. The van der Waals surface area contributed by atoms with Crippen molar-refractivity contribution in [1.82, 2.24) is 0 Å². The monoisotopic (exact) mass is 326 g/mol. The molecule has 0 fully saturated rings. The maximum Gasteiger partial charge on any atom is 0.231 e. The molecular formula is C19H18O5. The van der Waals surface area contributed by atoms with Crippen molar-refractivity contribution >= 4 is 5.78 Å². The van der Waals surface area contributed by atoms with Crippen LogP contribution in [0.1, 0.15) is 23.2 Å². The Balaban J connectivity index is 1.79. The molecule has 0 unspecified atom stereocenters. The van der Waals surface area contributed by atoms with E-state index in [1.54, 1.807) is 25.3 Å². The summed E-state index contributed by atoms with van der Waals surface area (Å²) in [6, 6.07) is 4.96. The van der Waals surface area contributed by atoms with Gasteiger partial charge in [-0.1, -0.05) is 18.2 Å². The second-order valence-corrected chi connectivity index (χ2v) is 5.26. The number of benzene rings is 1. The number of rotatable bonds is 5. The van der Waals surface area contributed by atoms with Crippen LogP contribution in [-0.2, 0) is 9.47 Å². The van der Waals surface area contributed by atoms with Gasteiger partial charge in [-0.05, 0) is 36.6 Å². The molecule has 24 heavy (non-hydrogen) atoms. The summed E-state index contributed by atoms with van der Waals surface area (Å²) in [4.78, 5) is 12.7. The molecule has 1 aromatic rings. The average Bonchev–Trinajstić information content (AvgIpc) is 2.67. The highest BCUT2D eigenvalue weighted by Crippen LogP contribution is 2.31. The molecule has 0 radical (unpaired) electrons. The maximum atomic E-state index is 12.7. The van der Waals surface area contributed by atoms with Gasteiger partial charge in [0.15, 0.2) is 17.3 Å². The summed E-state index contributed by atoms with van der Waals surface area (Å²) in [5.41, 5.74) is 1.43. The number of hydrogen-bond donors (Lipinski definition) is 0. The summed E-state index contributed by atoms with van der Waals surface area (Å²) in [6.07, 6.45) is 10.6. The lowest BCUT2D eigenvalue weighted by atomic mass is 10.0. The normalized spacial score (nSPS) is 16.2. The lowest BCUT2D eigenvalue weighted by Crippen LogP contribution is -2.12. The Bertz CT molecular complexity index is 768. The van der Waals surface area contributed by atoms with E-state index >= 15 is 0 Å². The molecule has 2 aliphatic rings. The van der Waals surface area contributed by atoms with E-state index in [0.29, 0.717) is 22.8 Å². The minimum atomic E-state index is -0.284. The van der Waals surface area contributed by atoms with E-state index in [2.05, 4.69) is 6.08 Å². The molecule has 0 saturated heterocycles. The smallest absolute Gasteiger partial charge is 0.231 e. The Hall–Kier alpha value is -2.95. The SMILES string of the molecule is COc1ccc(C(=O)C2=COC=C(C3=CC=CCC3)O2)cc1OC. The van der Waals surface area contributed by atoms with Crippen molar-refractivity contribution in [3.63, 3.8) is 0 Å². The van der Waals surface area contributed by atoms with Crippen molar-refractivity contribution in [1.29, 1.82) is 0 Å². The molecule has 0 bridgehead atoms. The minimum Gasteiger partial charge on any atom is -0.493 e. The quantitative estimate of drug-likeness (QED) is 0.768. The third kappa shape index (κ3) is 3.20. The molecule has 5 nitrogen and oxygen atoms in total. The highest BCUT2D eigenvalue weighted by Gasteiger charge is 2.22. The van der Waals surface area contributed by atoms with E-state index in [-0.39, 0.29) is 11.5 Å². The van der Waals surface area contributed by atoms with Crippen LogP contribution < -0.4 is 9.47 Å². The summed E-state index contributed by atoms with van der Waals surface area (Å²) in [5.74, 6) is 1.45. The molecule has 3 rings (SSSR count). The van der Waals surface area contributed by atoms with Crippen molar-refractivity contribution in [2.45, 2.75) is 12.8 Å². The summed E-state index contributed by atoms with van der Waals surface area (Å²) in [7, 11) is 3.07. The Morgan fingerprint density at radius 1 is 1.12 bits per heavy atom. The molecule has 124 valence electrons. The van der Waals surface area contributed by atoms with Gasteiger partial charge in [0.05, 0.1) is 14.2 Å². The van der Waals surface area contributed by atoms with Gasteiger partial charge < -0.3 is 18.9 Å². The van der Waals surface area contributed by atoms with Crippen LogP contribution in [0.3, 0.4) is 0 Å². The first-order chi connectivity index (χ1) is 11.7. The van der Waals surface area contributed by atoms with Crippen molar-refractivity contribution in [2.24, 2.45) is 0 Å². The van der Waals surface area contributed by atoms with Gasteiger partial charge in [-0.15, -0.1) is 0 Å². The first kappa shape index (κ1) is 15.9. The number of Topliss-reactive ketones (excluding diaryl/α,β-unsaturated/α-hetero) is 1. The van der Waals surface area contributed by atoms with Gasteiger partial charge in [0.1, 0.15) is 12.5 Å². The number of carbonyl (C=O) groups excluding carboxylic acids is 1. The lowest BCUT2D eigenvalue weighted by Gasteiger charge is -2.19. The fraction of sp³-hybridized carbons (Fsp3) is 0.211. The summed E-state index contributed by atoms with van der Waals surface area (Å²) in [5, 5.41) is 0. The van der Waals surface area contributed by atoms with E-state index in [1.807, 2.05) is 12.2 Å². The van der Waals surface area contributed by atoms with Gasteiger partial charge >= 0.3 is 0 Å². The van der Waals surface area contributed by atoms with Gasteiger partial charge in [-0.2, -0.15) is 0 Å². The molecule has 1 heterocycles. The van der Waals surface area contributed by atoms with Crippen molar-refractivity contribution in [2.75, 3.05) is 14.2 Å². The molecule has 0 N–H and O–H groups in total. The predicted molar refractivity (Wildman–Crippen MR) is 88.7 cm³/mol. The number of methoxy groups -OCH3 is 2. The zero-order valence-corrected chi connectivity index (χ0v) is 13.6. The molecule has 0 amide bonds. The van der Waals surface area contributed by atoms with Crippen molar-refractivity contribution < 1.29 is 23.7 Å². The highest BCUT2D eigenvalue weighted by atomic mass is 16.5. The highest BCUT2D eigenvalue weighted by molar-refractivity contribution is 6.07. The van der Waals surface area contributed by atoms with Crippen LogP contribution in [0.2, 0.25) is 0 Å². The number of ketones is 1. The van der Waals surface area contributed by atoms with E-state index in [4.69, 9.17) is 18.9 Å². The van der Waals surface area contributed by atoms with Crippen molar-refractivity contribution in [3.05, 3.63) is 71.6 Å². The molecule has 1 aromatic carbocycles. The van der Waals surface area contributed by atoms with E-state index in [9.17, 15) is 4.79 Å². The first-order valence-corrected chi connectivity index (χ1v) is 7.59. The Morgan fingerprint density at radius 2 is 1.96 bits per heavy atom. The molecular weight excluding hydrogens is 308 g/mol. The second-order valence-electron chi connectivity index (χ2n) is 5.26. The molecule has 0 atom stereocenters. The van der Waals surface area contributed by atoms with E-state index in [1.165, 1.54) is 19.6 Å². The van der Waals surface area contributed by atoms with Crippen LogP contribution in [0.25, 0.3) is 0 Å². The second kappa shape index (κ2) is 7.08. The van der Waals surface area contributed by atoms with Crippen LogP contribution in [0.15, 0.2) is 66.0 Å². The number of allylic oxidation sites excluding steroid dienone is 5. The van der Waals surface area contributed by atoms with Crippen molar-refractivity contribution in [3.8, 4) is 11.5 Å². The fourth-order valence-electron chi connectivity index (χ4n) is 2.49. The fourth-order valence-corrected chi connectivity index (χ4v) is 2.49. The summed E-state index contributed by atoms with van der Waals surface area (Å²) < 4.78 is 21.5. The molecule has 1 aliphatic carbocycles. The van der Waals surface area contributed by atoms with Gasteiger partial charge in [0, 0.05) is 5.56 Å². The lowest BCUT2D eigenvalue weighted by molar-refractivity contribution is 0.0933. The molecule has 1 aliphatic heterocycles. The van der Waals surface area contributed by atoms with Gasteiger partial charge in [0.25, 0.3) is 0 Å². The zero-order chi connectivity index (χ0) is 16.9. The molecule has 0 saturated carbocycles. The first-order valence-electron chi connectivity index (χ1n) is 7.59. The summed E-state index contributed by atoms with van der Waals surface area (Å²) in [6.45, 7) is 0. The van der Waals surface area contributed by atoms with E-state index < -0.39 is 0 Å². The predicted octanol–water partition coefficient (Wildman–Crippen LogP) is 3.89. The topological polar surface area (TPSA) is 54.0 Å². The standard InChI is InChI=1S/C19H18O5/c1-21-15-9-8-14(10-16(15)22-2)19(20)18-12-23-11-17(24-18)13-6-4-3-5-7-13/h3-4,6,8-12H,5,7H2,1-2H3. The van der Waals surface area contributed by atoms with Crippen LogP contribution >= 0.6 is 0 Å². The van der Waals surface area contributed by atoms with Gasteiger partial charge in [-0.3, -0.25) is 4.79 Å². The average molecular weight is 326 g/mol. The van der Waals surface area contributed by atoms with Gasteiger partial charge in [-0.25, -0.2) is 0 Å². The Morgan fingerprint density at radius 3 is 2.67 bits per heavy atom. The summed E-state index contributed by atoms with van der Waals surface area (Å²) >= 11 is 0. The molecule has 0 spiro atoms. The van der Waals surface area contributed by atoms with Crippen LogP contribution in [0.4, 0.5) is 0 Å². The van der Waals surface area contributed by atoms with E-state index in [0.717, 1.165) is 18.4 Å². The largest absolute Gasteiger partial charge is 0.493 e. The minimum absolute atomic E-state index is 0.134. The number of carbonyl (C=O) groups is 1. The molecule has 5 heteroatoms. The zero-order valence-electron chi connectivity index (χ0n) is 13.6. The number of ether oxygens (including phenoxy) is 4.